The summed E-state index contributed by atoms with van der Waals surface area (Å²) in [6.07, 6.45) is 3.28. The van der Waals surface area contributed by atoms with Gasteiger partial charge in [-0.1, -0.05) is 13.2 Å². The van der Waals surface area contributed by atoms with Crippen molar-refractivity contribution in [2.45, 2.75) is 19.8 Å². The van der Waals surface area contributed by atoms with Gasteiger partial charge >= 0.3 is 5.97 Å². The summed E-state index contributed by atoms with van der Waals surface area (Å²) in [6, 6.07) is 0. The third-order valence-electron chi connectivity index (χ3n) is 1.94. The summed E-state index contributed by atoms with van der Waals surface area (Å²) in [5.41, 5.74) is 0.406. The van der Waals surface area contributed by atoms with Gasteiger partial charge in [-0.05, 0) is 19.5 Å². The Labute approximate surface area is 102 Å². The molecular formula is C12H20N2O3. The van der Waals surface area contributed by atoms with Gasteiger partial charge in [0.05, 0.1) is 0 Å². The van der Waals surface area contributed by atoms with Gasteiger partial charge in [0.25, 0.3) is 0 Å². The number of amides is 1. The number of hydrogen-bond donors (Lipinski definition) is 0. The van der Waals surface area contributed by atoms with E-state index in [4.69, 9.17) is 0 Å². The van der Waals surface area contributed by atoms with Crippen LogP contribution in [-0.2, 0) is 14.4 Å². The molecule has 0 aromatic carbocycles. The molecule has 1 aliphatic rings. The molecule has 1 heterocycles. The molecule has 0 unspecified atom stereocenters. The van der Waals surface area contributed by atoms with Crippen LogP contribution in [0.25, 0.3) is 0 Å². The third-order valence-corrected chi connectivity index (χ3v) is 1.94. The molecular weight excluding hydrogens is 220 g/mol. The van der Waals surface area contributed by atoms with E-state index >= 15 is 0 Å². The number of hydrogen-bond acceptors (Lipinski definition) is 4. The van der Waals surface area contributed by atoms with Gasteiger partial charge in [-0.25, -0.2) is 4.79 Å². The molecule has 96 valence electrons. The lowest BCUT2D eigenvalue weighted by Gasteiger charge is -2.08. The van der Waals surface area contributed by atoms with Gasteiger partial charge in [0.1, 0.15) is 0 Å². The van der Waals surface area contributed by atoms with Crippen LogP contribution in [0.1, 0.15) is 19.8 Å². The number of likely N-dealkylation sites (tertiary alicyclic amines) is 1. The second-order valence-corrected chi connectivity index (χ2v) is 3.84. The van der Waals surface area contributed by atoms with E-state index in [0.717, 1.165) is 13.0 Å². The Morgan fingerprint density at radius 2 is 2.12 bits per heavy atom. The first kappa shape index (κ1) is 15.4. The molecule has 0 radical (unpaired) electrons. The van der Waals surface area contributed by atoms with Crippen LogP contribution in [0, 0.1) is 0 Å². The Balaban J connectivity index is 0.000000302. The molecule has 0 aliphatic carbocycles. The van der Waals surface area contributed by atoms with E-state index in [1.165, 1.54) is 5.06 Å². The second-order valence-electron chi connectivity index (χ2n) is 3.84. The SMILES string of the molecule is C=C(C)C(=O)ON(C)C.C=CN1CCCC1=O. The lowest BCUT2D eigenvalue weighted by molar-refractivity contribution is -0.172. The molecule has 0 bridgehead atoms. The van der Waals surface area contributed by atoms with Crippen LogP contribution in [0.5, 0.6) is 0 Å². The van der Waals surface area contributed by atoms with Crippen LogP contribution in [0.2, 0.25) is 0 Å². The van der Waals surface area contributed by atoms with Gasteiger partial charge in [-0.2, -0.15) is 0 Å². The number of carbonyl (C=O) groups excluding carboxylic acids is 2. The van der Waals surface area contributed by atoms with Gasteiger partial charge < -0.3 is 9.74 Å². The van der Waals surface area contributed by atoms with Gasteiger partial charge in [0.15, 0.2) is 0 Å². The molecule has 5 nitrogen and oxygen atoms in total. The highest BCUT2D eigenvalue weighted by molar-refractivity contribution is 5.86. The van der Waals surface area contributed by atoms with Crippen LogP contribution in [0.4, 0.5) is 0 Å². The molecule has 1 fully saturated rings. The normalized spacial score (nSPS) is 14.1. The molecule has 0 aromatic rings. The molecule has 1 amide bonds. The van der Waals surface area contributed by atoms with Gasteiger partial charge in [0, 0.05) is 32.6 Å². The van der Waals surface area contributed by atoms with Crippen molar-refractivity contribution in [1.29, 1.82) is 0 Å². The number of nitrogens with zero attached hydrogens (tertiary/aromatic N) is 2. The Bertz CT molecular complexity index is 311. The molecule has 5 heteroatoms. The van der Waals surface area contributed by atoms with E-state index in [1.54, 1.807) is 32.1 Å². The van der Waals surface area contributed by atoms with Crippen molar-refractivity contribution in [2.75, 3.05) is 20.6 Å². The van der Waals surface area contributed by atoms with E-state index in [1.807, 2.05) is 0 Å². The summed E-state index contributed by atoms with van der Waals surface area (Å²) < 4.78 is 0. The smallest absolute Gasteiger partial charge is 0.351 e. The van der Waals surface area contributed by atoms with Crippen molar-refractivity contribution < 1.29 is 14.4 Å². The minimum absolute atomic E-state index is 0.208. The van der Waals surface area contributed by atoms with Gasteiger partial charge in [-0.15, -0.1) is 5.06 Å². The first-order chi connectivity index (χ1) is 7.88. The standard InChI is InChI=1S/C6H11NO2.C6H9NO/c1-5(2)6(8)9-7(3)4;1-2-7-5-3-4-6(7)8/h1H2,2-4H3;2H,1,3-5H2. The summed E-state index contributed by atoms with van der Waals surface area (Å²) in [7, 11) is 3.28. The van der Waals surface area contributed by atoms with E-state index < -0.39 is 0 Å². The summed E-state index contributed by atoms with van der Waals surface area (Å²) in [5, 5.41) is 1.33. The summed E-state index contributed by atoms with van der Waals surface area (Å²) >= 11 is 0. The first-order valence-electron chi connectivity index (χ1n) is 5.35. The summed E-state index contributed by atoms with van der Waals surface area (Å²) in [5.74, 6) is -0.181. The number of hydroxylamine groups is 2. The molecule has 1 saturated heterocycles. The van der Waals surface area contributed by atoms with E-state index in [-0.39, 0.29) is 11.9 Å². The highest BCUT2D eigenvalue weighted by Gasteiger charge is 2.15. The second kappa shape index (κ2) is 7.62. The Morgan fingerprint density at radius 1 is 1.53 bits per heavy atom. The maximum atomic E-state index is 10.7. The van der Waals surface area contributed by atoms with Crippen molar-refractivity contribution in [1.82, 2.24) is 9.96 Å². The van der Waals surface area contributed by atoms with Crippen LogP contribution >= 0.6 is 0 Å². The van der Waals surface area contributed by atoms with Crippen LogP contribution in [0.3, 0.4) is 0 Å². The van der Waals surface area contributed by atoms with Gasteiger partial charge in [0.2, 0.25) is 5.91 Å². The zero-order chi connectivity index (χ0) is 13.4. The predicted molar refractivity (Wildman–Crippen MR) is 65.7 cm³/mol. The molecule has 0 N–H and O–H groups in total. The number of rotatable bonds is 3. The van der Waals surface area contributed by atoms with Crippen molar-refractivity contribution in [3.63, 3.8) is 0 Å². The third kappa shape index (κ3) is 6.52. The first-order valence-corrected chi connectivity index (χ1v) is 5.35. The van der Waals surface area contributed by atoms with E-state index in [0.29, 0.717) is 12.0 Å². The topological polar surface area (TPSA) is 49.9 Å². The molecule has 0 aromatic heterocycles. The summed E-state index contributed by atoms with van der Waals surface area (Å²) in [4.78, 5) is 27.5. The Hall–Kier alpha value is -1.62. The lowest BCUT2D eigenvalue weighted by Crippen LogP contribution is -2.18. The number of carbonyl (C=O) groups is 2. The molecule has 17 heavy (non-hydrogen) atoms. The maximum Gasteiger partial charge on any atom is 0.351 e. The van der Waals surface area contributed by atoms with Crippen LogP contribution in [0.15, 0.2) is 24.9 Å². The van der Waals surface area contributed by atoms with Crippen LogP contribution in [-0.4, -0.2) is 42.5 Å². The average molecular weight is 240 g/mol. The van der Waals surface area contributed by atoms with Crippen molar-refractivity contribution in [3.05, 3.63) is 24.9 Å². The minimum atomic E-state index is -0.389. The predicted octanol–water partition coefficient (Wildman–Crippen LogP) is 1.33. The van der Waals surface area contributed by atoms with Crippen molar-refractivity contribution in [3.8, 4) is 0 Å². The zero-order valence-electron chi connectivity index (χ0n) is 10.7. The molecule has 0 saturated carbocycles. The van der Waals surface area contributed by atoms with Crippen molar-refractivity contribution in [2.24, 2.45) is 0 Å². The zero-order valence-corrected chi connectivity index (χ0v) is 10.7. The fourth-order valence-corrected chi connectivity index (χ4v) is 1.11. The minimum Gasteiger partial charge on any atom is -0.365 e. The molecule has 1 aliphatic heterocycles. The fraction of sp³-hybridized carbons (Fsp3) is 0.500. The lowest BCUT2D eigenvalue weighted by atomic mass is 10.4. The Kier molecular flexibility index (Phi) is 6.89. The molecule has 1 rings (SSSR count). The monoisotopic (exact) mass is 240 g/mol. The molecule has 0 spiro atoms. The highest BCUT2D eigenvalue weighted by atomic mass is 16.7. The Morgan fingerprint density at radius 3 is 2.29 bits per heavy atom. The van der Waals surface area contributed by atoms with E-state index in [2.05, 4.69) is 18.0 Å². The average Bonchev–Trinajstić information content (AvgIpc) is 2.63. The summed E-state index contributed by atoms with van der Waals surface area (Å²) in [6.45, 7) is 9.37. The largest absolute Gasteiger partial charge is 0.365 e. The quantitative estimate of drug-likeness (QED) is 0.551. The van der Waals surface area contributed by atoms with E-state index in [9.17, 15) is 9.59 Å². The maximum absolute atomic E-state index is 10.7. The van der Waals surface area contributed by atoms with Crippen molar-refractivity contribution >= 4 is 11.9 Å². The fourth-order valence-electron chi connectivity index (χ4n) is 1.11. The van der Waals surface area contributed by atoms with Gasteiger partial charge in [-0.3, -0.25) is 4.79 Å². The highest BCUT2D eigenvalue weighted by Crippen LogP contribution is 2.08. The van der Waals surface area contributed by atoms with Crippen LogP contribution < -0.4 is 0 Å². The molecule has 0 atom stereocenters.